The third-order valence-corrected chi connectivity index (χ3v) is 13.2. The summed E-state index contributed by atoms with van der Waals surface area (Å²) in [5, 5.41) is 42.8. The number of carboxylic acids is 1. The van der Waals surface area contributed by atoms with Crippen molar-refractivity contribution in [3.05, 3.63) is 11.6 Å². The molecule has 4 N–H and O–H groups in total. The molecule has 4 saturated carbocycles. The van der Waals surface area contributed by atoms with Crippen LogP contribution in [-0.4, -0.2) is 51.5 Å². The SMILES string of the molecule is CC1(C=O)CCC2(C(=O)O)CCC3(C)C(=CCC4C5(C)CC(O)C(O)C(C)(CO)C5CCC43C)C2C1. The first-order chi connectivity index (χ1) is 16.7. The number of aliphatic hydroxyl groups is 3. The van der Waals surface area contributed by atoms with E-state index in [4.69, 9.17) is 0 Å². The van der Waals surface area contributed by atoms with Gasteiger partial charge in [-0.25, -0.2) is 0 Å². The second-order valence-electron chi connectivity index (χ2n) is 14.7. The summed E-state index contributed by atoms with van der Waals surface area (Å²) >= 11 is 0. The Morgan fingerprint density at radius 3 is 2.28 bits per heavy atom. The van der Waals surface area contributed by atoms with Crippen LogP contribution in [0.4, 0.5) is 0 Å². The van der Waals surface area contributed by atoms with E-state index >= 15 is 0 Å². The average molecular weight is 503 g/mol. The fourth-order valence-corrected chi connectivity index (χ4v) is 10.7. The molecule has 6 heteroatoms. The zero-order chi connectivity index (χ0) is 26.5. The standard InChI is InChI=1S/C30H46O6/c1-25(16-31)10-12-30(24(35)36)13-11-28(4)18(19(30)14-25)6-7-22-26(2)15-20(33)23(34)27(3,17-32)21(26)8-9-29(22,28)5/h6,16,19-23,32-34H,7-15,17H2,1-5H3,(H,35,36). The molecule has 0 aliphatic heterocycles. The number of aldehydes is 1. The molecule has 6 nitrogen and oxygen atoms in total. The summed E-state index contributed by atoms with van der Waals surface area (Å²) in [6, 6.07) is 0. The average Bonchev–Trinajstić information content (AvgIpc) is 2.83. The van der Waals surface area contributed by atoms with Crippen LogP contribution in [0.15, 0.2) is 11.6 Å². The van der Waals surface area contributed by atoms with Crippen molar-refractivity contribution in [1.82, 2.24) is 0 Å². The van der Waals surface area contributed by atoms with Crippen molar-refractivity contribution in [2.75, 3.05) is 6.61 Å². The number of carbonyl (C=O) groups is 2. The minimum absolute atomic E-state index is 0.0968. The van der Waals surface area contributed by atoms with Crippen LogP contribution in [0, 0.1) is 50.2 Å². The van der Waals surface area contributed by atoms with E-state index in [9.17, 15) is 30.0 Å². The van der Waals surface area contributed by atoms with Gasteiger partial charge in [0.1, 0.15) is 6.29 Å². The summed E-state index contributed by atoms with van der Waals surface area (Å²) in [4.78, 5) is 24.8. The molecule has 5 rings (SSSR count). The van der Waals surface area contributed by atoms with Crippen LogP contribution in [-0.2, 0) is 9.59 Å². The molecule has 0 spiro atoms. The largest absolute Gasteiger partial charge is 0.481 e. The lowest BCUT2D eigenvalue weighted by Gasteiger charge is -2.71. The van der Waals surface area contributed by atoms with Gasteiger partial charge >= 0.3 is 5.97 Å². The Labute approximate surface area is 215 Å². The van der Waals surface area contributed by atoms with E-state index in [2.05, 4.69) is 26.8 Å². The lowest BCUT2D eigenvalue weighted by Crippen LogP contribution is -2.68. The third-order valence-electron chi connectivity index (χ3n) is 13.2. The van der Waals surface area contributed by atoms with Crippen LogP contribution < -0.4 is 0 Å². The number of aliphatic carboxylic acids is 1. The van der Waals surface area contributed by atoms with E-state index < -0.39 is 34.4 Å². The molecule has 0 heterocycles. The Morgan fingerprint density at radius 2 is 1.67 bits per heavy atom. The van der Waals surface area contributed by atoms with Crippen molar-refractivity contribution in [3.8, 4) is 0 Å². The molecule has 0 saturated heterocycles. The van der Waals surface area contributed by atoms with Gasteiger partial charge in [0.2, 0.25) is 0 Å². The van der Waals surface area contributed by atoms with Crippen LogP contribution in [0.1, 0.15) is 92.4 Å². The fraction of sp³-hybridized carbons (Fsp3) is 0.867. The zero-order valence-electron chi connectivity index (χ0n) is 22.7. The highest BCUT2D eigenvalue weighted by Gasteiger charge is 2.70. The van der Waals surface area contributed by atoms with Crippen molar-refractivity contribution >= 4 is 12.3 Å². The molecule has 0 bridgehead atoms. The number of fused-ring (bicyclic) bond motifs is 7. The molecule has 0 aromatic heterocycles. The van der Waals surface area contributed by atoms with Crippen LogP contribution in [0.25, 0.3) is 0 Å². The van der Waals surface area contributed by atoms with Gasteiger partial charge in [0.25, 0.3) is 0 Å². The number of hydrogen-bond donors (Lipinski definition) is 4. The molecule has 11 unspecified atom stereocenters. The van der Waals surface area contributed by atoms with E-state index in [-0.39, 0.29) is 40.6 Å². The molecule has 11 atom stereocenters. The van der Waals surface area contributed by atoms with Gasteiger partial charge in [0.05, 0.1) is 24.2 Å². The first kappa shape index (κ1) is 26.4. The lowest BCUT2D eigenvalue weighted by atomic mass is 9.33. The molecule has 4 fully saturated rings. The fourth-order valence-electron chi connectivity index (χ4n) is 10.7. The zero-order valence-corrected chi connectivity index (χ0v) is 22.7. The van der Waals surface area contributed by atoms with E-state index in [1.54, 1.807) is 0 Å². The van der Waals surface area contributed by atoms with Gasteiger partial charge in [-0.15, -0.1) is 0 Å². The Morgan fingerprint density at radius 1 is 1.00 bits per heavy atom. The molecule has 5 aliphatic rings. The number of aliphatic hydroxyl groups excluding tert-OH is 3. The maximum atomic E-state index is 12.8. The van der Waals surface area contributed by atoms with Crippen LogP contribution in [0.3, 0.4) is 0 Å². The summed E-state index contributed by atoms with van der Waals surface area (Å²) < 4.78 is 0. The van der Waals surface area contributed by atoms with E-state index in [1.165, 1.54) is 5.57 Å². The molecule has 202 valence electrons. The molecule has 0 radical (unpaired) electrons. The first-order valence-electron chi connectivity index (χ1n) is 14.0. The van der Waals surface area contributed by atoms with E-state index in [0.717, 1.165) is 32.0 Å². The second kappa shape index (κ2) is 7.89. The number of carboxylic acid groups (broad SMARTS) is 1. The minimum Gasteiger partial charge on any atom is -0.481 e. The van der Waals surface area contributed by atoms with Crippen molar-refractivity contribution in [1.29, 1.82) is 0 Å². The summed E-state index contributed by atoms with van der Waals surface area (Å²) in [5.41, 5.74) is -1.31. The Kier molecular flexibility index (Phi) is 5.78. The molecule has 0 aromatic carbocycles. The molecule has 5 aliphatic carbocycles. The van der Waals surface area contributed by atoms with Gasteiger partial charge in [0, 0.05) is 10.8 Å². The van der Waals surface area contributed by atoms with Gasteiger partial charge in [0.15, 0.2) is 0 Å². The highest BCUT2D eigenvalue weighted by Crippen LogP contribution is 2.75. The van der Waals surface area contributed by atoms with Crippen LogP contribution >= 0.6 is 0 Å². The number of carbonyl (C=O) groups excluding carboxylic acids is 1. The topological polar surface area (TPSA) is 115 Å². The molecule has 36 heavy (non-hydrogen) atoms. The summed E-state index contributed by atoms with van der Waals surface area (Å²) in [6.45, 7) is 10.8. The van der Waals surface area contributed by atoms with Gasteiger partial charge in [-0.3, -0.25) is 4.79 Å². The Balaban J connectivity index is 1.61. The maximum Gasteiger partial charge on any atom is 0.310 e. The molecule has 0 amide bonds. The van der Waals surface area contributed by atoms with Crippen molar-refractivity contribution in [2.24, 2.45) is 50.2 Å². The normalized spacial score (nSPS) is 56.3. The summed E-state index contributed by atoms with van der Waals surface area (Å²) in [7, 11) is 0. The predicted molar refractivity (Wildman–Crippen MR) is 136 cm³/mol. The first-order valence-corrected chi connectivity index (χ1v) is 14.0. The third kappa shape index (κ3) is 3.01. The highest BCUT2D eigenvalue weighted by atomic mass is 16.4. The van der Waals surface area contributed by atoms with Gasteiger partial charge < -0.3 is 25.2 Å². The van der Waals surface area contributed by atoms with Gasteiger partial charge in [-0.05, 0) is 91.8 Å². The molecule has 0 aromatic rings. The highest BCUT2D eigenvalue weighted by molar-refractivity contribution is 5.77. The minimum atomic E-state index is -0.940. The number of allylic oxidation sites excluding steroid dienone is 2. The monoisotopic (exact) mass is 502 g/mol. The van der Waals surface area contributed by atoms with Crippen molar-refractivity contribution in [3.63, 3.8) is 0 Å². The lowest BCUT2D eigenvalue weighted by molar-refractivity contribution is -0.243. The maximum absolute atomic E-state index is 12.8. The van der Waals surface area contributed by atoms with Gasteiger partial charge in [-0.1, -0.05) is 46.3 Å². The molecular formula is C30H46O6. The van der Waals surface area contributed by atoms with Crippen molar-refractivity contribution in [2.45, 2.75) is 105 Å². The quantitative estimate of drug-likeness (QED) is 0.337. The molecular weight excluding hydrogens is 456 g/mol. The summed E-state index contributed by atoms with van der Waals surface area (Å²) in [5.74, 6) is -0.499. The van der Waals surface area contributed by atoms with Crippen molar-refractivity contribution < 1.29 is 30.0 Å². The summed E-state index contributed by atoms with van der Waals surface area (Å²) in [6.07, 6.45) is 7.92. The second-order valence-corrected chi connectivity index (χ2v) is 14.7. The van der Waals surface area contributed by atoms with Crippen LogP contribution in [0.5, 0.6) is 0 Å². The predicted octanol–water partition coefficient (Wildman–Crippen LogP) is 4.36. The Hall–Kier alpha value is -1.24. The smallest absolute Gasteiger partial charge is 0.310 e. The Bertz CT molecular complexity index is 992. The van der Waals surface area contributed by atoms with Crippen LogP contribution in [0.2, 0.25) is 0 Å². The number of hydrogen-bond acceptors (Lipinski definition) is 5. The van der Waals surface area contributed by atoms with E-state index in [1.807, 2.05) is 13.8 Å². The van der Waals surface area contributed by atoms with E-state index in [0.29, 0.717) is 32.1 Å². The number of rotatable bonds is 3. The van der Waals surface area contributed by atoms with Gasteiger partial charge in [-0.2, -0.15) is 0 Å².